The van der Waals surface area contributed by atoms with Gasteiger partial charge in [0.25, 0.3) is 0 Å². The Morgan fingerprint density at radius 3 is 2.90 bits per heavy atom. The molecule has 0 spiro atoms. The molecule has 0 N–H and O–H groups in total. The summed E-state index contributed by atoms with van der Waals surface area (Å²) >= 11 is 3.32. The molecule has 9 heteroatoms. The third kappa shape index (κ3) is 4.15. The van der Waals surface area contributed by atoms with Crippen LogP contribution in [0, 0.1) is 0 Å². The maximum atomic E-state index is 5.85. The quantitative estimate of drug-likeness (QED) is 0.395. The topological polar surface area (TPSA) is 70.8 Å². The average molecular weight is 427 g/mol. The number of hydrogen-bond donors (Lipinski definition) is 0. The third-order valence-corrected chi connectivity index (χ3v) is 6.24. The second-order valence-corrected chi connectivity index (χ2v) is 8.54. The minimum absolute atomic E-state index is 0.252. The molecule has 3 heterocycles. The molecule has 29 heavy (non-hydrogen) atoms. The van der Waals surface area contributed by atoms with Gasteiger partial charge in [0, 0.05) is 6.07 Å². The second kappa shape index (κ2) is 8.30. The van der Waals surface area contributed by atoms with Gasteiger partial charge in [-0.2, -0.15) is 21.4 Å². The number of fused-ring (bicyclic) bond motifs is 2. The van der Waals surface area contributed by atoms with Gasteiger partial charge in [0.2, 0.25) is 11.8 Å². The van der Waals surface area contributed by atoms with Crippen LogP contribution < -0.4 is 14.2 Å². The van der Waals surface area contributed by atoms with E-state index in [4.69, 9.17) is 14.2 Å². The zero-order chi connectivity index (χ0) is 19.5. The van der Waals surface area contributed by atoms with Crippen LogP contribution in [0.2, 0.25) is 0 Å². The van der Waals surface area contributed by atoms with Crippen molar-refractivity contribution >= 4 is 28.1 Å². The first-order valence-corrected chi connectivity index (χ1v) is 11.2. The minimum Gasteiger partial charge on any atom is -0.486 e. The Balaban J connectivity index is 1.17. The lowest BCUT2D eigenvalue weighted by Gasteiger charge is -2.04. The predicted molar refractivity (Wildman–Crippen MR) is 112 cm³/mol. The molecule has 0 saturated heterocycles. The smallest absolute Gasteiger partial charge is 0.234 e. The van der Waals surface area contributed by atoms with Gasteiger partial charge in [-0.15, -0.1) is 10.2 Å². The summed E-state index contributed by atoms with van der Waals surface area (Å²) in [6.07, 6.45) is 1.04. The molecular formula is C20H18N4O3S2. The predicted octanol–water partition coefficient (Wildman–Crippen LogP) is 3.97. The molecule has 1 aliphatic heterocycles. The van der Waals surface area contributed by atoms with Crippen molar-refractivity contribution in [2.45, 2.75) is 18.8 Å². The van der Waals surface area contributed by atoms with Gasteiger partial charge in [0.15, 0.2) is 22.3 Å². The van der Waals surface area contributed by atoms with Crippen LogP contribution >= 0.6 is 23.1 Å². The molecule has 0 saturated carbocycles. The van der Waals surface area contributed by atoms with Crippen molar-refractivity contribution in [2.75, 3.05) is 12.5 Å². The molecule has 0 aliphatic carbocycles. The van der Waals surface area contributed by atoms with E-state index >= 15 is 0 Å². The molecule has 148 valence electrons. The lowest BCUT2D eigenvalue weighted by atomic mass is 10.2. The molecular weight excluding hydrogens is 408 g/mol. The van der Waals surface area contributed by atoms with E-state index in [9.17, 15) is 0 Å². The first-order valence-electron chi connectivity index (χ1n) is 9.19. The van der Waals surface area contributed by atoms with Crippen LogP contribution in [0.3, 0.4) is 0 Å². The third-order valence-electron chi connectivity index (χ3n) is 4.41. The van der Waals surface area contributed by atoms with E-state index in [1.807, 2.05) is 40.5 Å². The number of aromatic nitrogens is 4. The molecule has 0 amide bonds. The molecule has 7 nitrogen and oxygen atoms in total. The van der Waals surface area contributed by atoms with Crippen LogP contribution in [-0.2, 0) is 18.8 Å². The number of hydrogen-bond acceptors (Lipinski definition) is 8. The normalized spacial score (nSPS) is 12.6. The van der Waals surface area contributed by atoms with Gasteiger partial charge < -0.3 is 14.2 Å². The van der Waals surface area contributed by atoms with Crippen LogP contribution in [0.15, 0.2) is 48.5 Å². The second-order valence-electron chi connectivity index (χ2n) is 6.40. The van der Waals surface area contributed by atoms with Crippen molar-refractivity contribution in [1.29, 1.82) is 0 Å². The zero-order valence-electron chi connectivity index (χ0n) is 15.5. The molecule has 1 aliphatic rings. The first kappa shape index (κ1) is 18.3. The fourth-order valence-corrected chi connectivity index (χ4v) is 4.61. The van der Waals surface area contributed by atoms with Crippen LogP contribution in [-0.4, -0.2) is 32.4 Å². The van der Waals surface area contributed by atoms with E-state index in [0.717, 1.165) is 45.2 Å². The Morgan fingerprint density at radius 1 is 1.07 bits per heavy atom. The highest BCUT2D eigenvalue weighted by Gasteiger charge is 2.15. The van der Waals surface area contributed by atoms with Crippen molar-refractivity contribution in [3.05, 3.63) is 64.9 Å². The maximum Gasteiger partial charge on any atom is 0.234 e. The molecule has 4 aromatic rings. The van der Waals surface area contributed by atoms with E-state index in [-0.39, 0.29) is 6.79 Å². The Kier molecular flexibility index (Phi) is 5.23. The van der Waals surface area contributed by atoms with Crippen LogP contribution in [0.1, 0.15) is 16.4 Å². The molecule has 5 rings (SSSR count). The summed E-state index contributed by atoms with van der Waals surface area (Å²) in [7, 11) is 0. The molecule has 2 aromatic heterocycles. The van der Waals surface area contributed by atoms with E-state index in [2.05, 4.69) is 39.6 Å². The van der Waals surface area contributed by atoms with Gasteiger partial charge in [0.05, 0.1) is 5.75 Å². The van der Waals surface area contributed by atoms with Gasteiger partial charge in [-0.05, 0) is 29.9 Å². The van der Waals surface area contributed by atoms with Crippen molar-refractivity contribution < 1.29 is 14.2 Å². The van der Waals surface area contributed by atoms with Crippen LogP contribution in [0.4, 0.5) is 0 Å². The van der Waals surface area contributed by atoms with Crippen LogP contribution in [0.5, 0.6) is 17.2 Å². The highest BCUT2D eigenvalue weighted by atomic mass is 32.2. The largest absolute Gasteiger partial charge is 0.486 e. The lowest BCUT2D eigenvalue weighted by Crippen LogP contribution is -1.99. The summed E-state index contributed by atoms with van der Waals surface area (Å²) in [4.78, 5) is 0.785. The Bertz CT molecular complexity index is 1110. The SMILES string of the molecule is c1ccc(CCSCc2nnc3sc(COc4ccc5c(c4)OCO5)nn23)cc1. The summed E-state index contributed by atoms with van der Waals surface area (Å²) in [6, 6.07) is 16.0. The number of aryl methyl sites for hydroxylation is 1. The summed E-state index contributed by atoms with van der Waals surface area (Å²) in [5.74, 6) is 4.84. The standard InChI is InChI=1S/C20H18N4O3S2/c1-2-4-14(5-3-1)8-9-28-12-18-21-22-20-24(18)23-19(29-20)11-25-15-6-7-16-17(10-15)27-13-26-16/h1-7,10H,8-9,11-13H2. The highest BCUT2D eigenvalue weighted by Crippen LogP contribution is 2.35. The van der Waals surface area contributed by atoms with E-state index in [1.165, 1.54) is 16.9 Å². The fourth-order valence-electron chi connectivity index (χ4n) is 2.96. The maximum absolute atomic E-state index is 5.85. The van der Waals surface area contributed by atoms with Gasteiger partial charge in [-0.25, -0.2) is 0 Å². The van der Waals surface area contributed by atoms with E-state index in [0.29, 0.717) is 12.4 Å². The van der Waals surface area contributed by atoms with Crippen molar-refractivity contribution in [3.8, 4) is 17.2 Å². The monoisotopic (exact) mass is 426 g/mol. The molecule has 0 fully saturated rings. The number of nitrogens with zero attached hydrogens (tertiary/aromatic N) is 4. The Morgan fingerprint density at radius 2 is 1.97 bits per heavy atom. The highest BCUT2D eigenvalue weighted by molar-refractivity contribution is 7.98. The summed E-state index contributed by atoms with van der Waals surface area (Å²) < 4.78 is 18.4. The number of thioether (sulfide) groups is 1. The van der Waals surface area contributed by atoms with E-state index < -0.39 is 0 Å². The number of rotatable bonds is 8. The number of benzene rings is 2. The summed E-state index contributed by atoms with van der Waals surface area (Å²) in [5.41, 5.74) is 1.35. The molecule has 2 aromatic carbocycles. The van der Waals surface area contributed by atoms with Gasteiger partial charge in [-0.3, -0.25) is 0 Å². The lowest BCUT2D eigenvalue weighted by molar-refractivity contribution is 0.173. The molecule has 0 bridgehead atoms. The van der Waals surface area contributed by atoms with Crippen molar-refractivity contribution in [1.82, 2.24) is 19.8 Å². The molecule has 0 radical (unpaired) electrons. The Labute approximate surface area is 175 Å². The molecule has 0 atom stereocenters. The zero-order valence-corrected chi connectivity index (χ0v) is 17.1. The number of ether oxygens (including phenoxy) is 3. The van der Waals surface area contributed by atoms with Gasteiger partial charge in [0.1, 0.15) is 12.4 Å². The van der Waals surface area contributed by atoms with Gasteiger partial charge >= 0.3 is 0 Å². The van der Waals surface area contributed by atoms with E-state index in [1.54, 1.807) is 0 Å². The average Bonchev–Trinajstić information content (AvgIpc) is 3.46. The molecule has 0 unspecified atom stereocenters. The fraction of sp³-hybridized carbons (Fsp3) is 0.250. The van der Waals surface area contributed by atoms with Crippen molar-refractivity contribution in [2.24, 2.45) is 0 Å². The summed E-state index contributed by atoms with van der Waals surface area (Å²) in [5, 5.41) is 14.0. The minimum atomic E-state index is 0.252. The summed E-state index contributed by atoms with van der Waals surface area (Å²) in [6.45, 7) is 0.621. The van der Waals surface area contributed by atoms with Crippen molar-refractivity contribution in [3.63, 3.8) is 0 Å². The first-order chi connectivity index (χ1) is 14.3. The Hall–Kier alpha value is -2.78. The van der Waals surface area contributed by atoms with Gasteiger partial charge in [-0.1, -0.05) is 41.7 Å². The van der Waals surface area contributed by atoms with Crippen LogP contribution in [0.25, 0.3) is 4.96 Å².